The van der Waals surface area contributed by atoms with Gasteiger partial charge in [0.25, 0.3) is 0 Å². The molecule has 1 atom stereocenters. The molecule has 0 spiro atoms. The number of aliphatic carboxylic acids is 1. The number of hydrogen-bond donors (Lipinski definition) is 4. The molecule has 1 aromatic rings. The lowest BCUT2D eigenvalue weighted by atomic mass is 10.1. The van der Waals surface area contributed by atoms with Crippen LogP contribution in [-0.4, -0.2) is 61.3 Å². The van der Waals surface area contributed by atoms with Crippen LogP contribution in [0.2, 0.25) is 0 Å². The molecule has 1 saturated heterocycles. The van der Waals surface area contributed by atoms with Gasteiger partial charge in [-0.2, -0.15) is 0 Å². The first kappa shape index (κ1) is 15.8. The van der Waals surface area contributed by atoms with Gasteiger partial charge in [0.15, 0.2) is 0 Å². The quantitative estimate of drug-likeness (QED) is 0.564. The third-order valence-corrected chi connectivity index (χ3v) is 3.69. The van der Waals surface area contributed by atoms with E-state index in [0.29, 0.717) is 6.42 Å². The van der Waals surface area contributed by atoms with Crippen molar-refractivity contribution in [2.45, 2.75) is 12.5 Å². The minimum atomic E-state index is -0.965. The van der Waals surface area contributed by atoms with E-state index in [9.17, 15) is 4.79 Å². The second-order valence-electron chi connectivity index (χ2n) is 5.36. The predicted octanol–water partition coefficient (Wildman–Crippen LogP) is -0.0419. The fourth-order valence-electron chi connectivity index (χ4n) is 2.39. The highest BCUT2D eigenvalue weighted by Gasteiger charge is 2.12. The van der Waals surface area contributed by atoms with Gasteiger partial charge >= 0.3 is 5.97 Å². The molecule has 0 amide bonds. The monoisotopic (exact) mass is 292 g/mol. The van der Waals surface area contributed by atoms with Crippen molar-refractivity contribution < 1.29 is 9.90 Å². The molecule has 1 aliphatic heterocycles. The van der Waals surface area contributed by atoms with Crippen LogP contribution in [0.25, 0.3) is 0 Å². The van der Waals surface area contributed by atoms with Crippen LogP contribution in [0.3, 0.4) is 0 Å². The highest BCUT2D eigenvalue weighted by Crippen LogP contribution is 2.10. The molecule has 1 fully saturated rings. The lowest BCUT2D eigenvalue weighted by Crippen LogP contribution is -2.45. The molecule has 1 heterocycles. The number of carbonyl (C=O) groups is 1. The maximum atomic E-state index is 10.7. The molecular formula is C15H24N4O2. The molecule has 6 heteroatoms. The van der Waals surface area contributed by atoms with Gasteiger partial charge < -0.3 is 21.5 Å². The number of carboxylic acids is 1. The van der Waals surface area contributed by atoms with Crippen LogP contribution in [-0.2, 0) is 11.2 Å². The van der Waals surface area contributed by atoms with Gasteiger partial charge in [-0.3, -0.25) is 9.69 Å². The first-order chi connectivity index (χ1) is 10.1. The average Bonchev–Trinajstić information content (AvgIpc) is 2.50. The summed E-state index contributed by atoms with van der Waals surface area (Å²) in [7, 11) is 0. The summed E-state index contributed by atoms with van der Waals surface area (Å²) >= 11 is 0. The van der Waals surface area contributed by atoms with Crippen molar-refractivity contribution in [3.8, 4) is 0 Å². The van der Waals surface area contributed by atoms with Crippen molar-refractivity contribution >= 4 is 11.7 Å². The van der Waals surface area contributed by atoms with Gasteiger partial charge in [-0.1, -0.05) is 12.1 Å². The minimum absolute atomic E-state index is 0.358. The molecule has 0 bridgehead atoms. The Morgan fingerprint density at radius 2 is 2.00 bits per heavy atom. The van der Waals surface area contributed by atoms with Crippen LogP contribution in [0, 0.1) is 0 Å². The van der Waals surface area contributed by atoms with E-state index in [1.807, 2.05) is 24.3 Å². The van der Waals surface area contributed by atoms with Crippen LogP contribution in [0.4, 0.5) is 5.69 Å². The summed E-state index contributed by atoms with van der Waals surface area (Å²) in [5.41, 5.74) is 7.52. The average molecular weight is 292 g/mol. The molecule has 1 aliphatic rings. The topological polar surface area (TPSA) is 90.6 Å². The summed E-state index contributed by atoms with van der Waals surface area (Å²) in [6.45, 7) is 6.29. The van der Waals surface area contributed by atoms with Crippen LogP contribution in [0.15, 0.2) is 24.3 Å². The number of carboxylic acid groups (broad SMARTS) is 1. The smallest absolute Gasteiger partial charge is 0.320 e. The Hall–Kier alpha value is -1.63. The molecule has 5 N–H and O–H groups in total. The molecule has 0 aromatic heterocycles. The molecule has 1 aromatic carbocycles. The largest absolute Gasteiger partial charge is 0.480 e. The van der Waals surface area contributed by atoms with E-state index < -0.39 is 12.0 Å². The molecule has 0 saturated carbocycles. The predicted molar refractivity (Wildman–Crippen MR) is 83.6 cm³/mol. The van der Waals surface area contributed by atoms with E-state index in [1.165, 1.54) is 0 Å². The lowest BCUT2D eigenvalue weighted by Gasteiger charge is -2.27. The summed E-state index contributed by atoms with van der Waals surface area (Å²) in [5, 5.41) is 15.5. The first-order valence-electron chi connectivity index (χ1n) is 7.39. The standard InChI is InChI=1S/C15H24N4O2/c16-14(15(20)21)11-12-1-3-13(4-2-12)18-7-10-19-8-5-17-6-9-19/h1-4,14,17-18H,5-11,16H2,(H,20,21)/t14-/m1/s1. The van der Waals surface area contributed by atoms with Gasteiger partial charge in [0.05, 0.1) is 0 Å². The molecular weight excluding hydrogens is 268 g/mol. The Balaban J connectivity index is 1.73. The summed E-state index contributed by atoms with van der Waals surface area (Å²) in [6, 6.07) is 6.96. The highest BCUT2D eigenvalue weighted by molar-refractivity contribution is 5.73. The molecule has 6 nitrogen and oxygen atoms in total. The Labute approximate surface area is 125 Å². The maximum absolute atomic E-state index is 10.7. The van der Waals surface area contributed by atoms with Crippen molar-refractivity contribution in [3.63, 3.8) is 0 Å². The van der Waals surface area contributed by atoms with Crippen LogP contribution in [0.5, 0.6) is 0 Å². The van der Waals surface area contributed by atoms with E-state index >= 15 is 0 Å². The van der Waals surface area contributed by atoms with Crippen molar-refractivity contribution in [1.82, 2.24) is 10.2 Å². The lowest BCUT2D eigenvalue weighted by molar-refractivity contribution is -0.138. The fraction of sp³-hybridized carbons (Fsp3) is 0.533. The maximum Gasteiger partial charge on any atom is 0.320 e. The van der Waals surface area contributed by atoms with Gasteiger partial charge in [0, 0.05) is 45.0 Å². The van der Waals surface area contributed by atoms with E-state index in [4.69, 9.17) is 10.8 Å². The first-order valence-corrected chi connectivity index (χ1v) is 7.39. The van der Waals surface area contributed by atoms with E-state index in [1.54, 1.807) is 0 Å². The van der Waals surface area contributed by atoms with Gasteiger partial charge in [-0.25, -0.2) is 0 Å². The van der Waals surface area contributed by atoms with Crippen LogP contribution < -0.4 is 16.4 Å². The normalized spacial score (nSPS) is 17.4. The molecule has 0 aliphatic carbocycles. The molecule has 0 unspecified atom stereocenters. The minimum Gasteiger partial charge on any atom is -0.480 e. The zero-order valence-corrected chi connectivity index (χ0v) is 12.2. The number of hydrogen-bond acceptors (Lipinski definition) is 5. The highest BCUT2D eigenvalue weighted by atomic mass is 16.4. The van der Waals surface area contributed by atoms with Crippen molar-refractivity contribution in [2.24, 2.45) is 5.73 Å². The Kier molecular flexibility index (Phi) is 5.98. The summed E-state index contributed by atoms with van der Waals surface area (Å²) in [6.07, 6.45) is 0.358. The van der Waals surface area contributed by atoms with Crippen molar-refractivity contribution in [2.75, 3.05) is 44.6 Å². The van der Waals surface area contributed by atoms with E-state index in [-0.39, 0.29) is 0 Å². The fourth-order valence-corrected chi connectivity index (χ4v) is 2.39. The Bertz CT molecular complexity index is 443. The molecule has 2 rings (SSSR count). The van der Waals surface area contributed by atoms with Crippen molar-refractivity contribution in [1.29, 1.82) is 0 Å². The van der Waals surface area contributed by atoms with Gasteiger partial charge in [0.1, 0.15) is 6.04 Å². The molecule has 116 valence electrons. The number of nitrogens with zero attached hydrogens (tertiary/aromatic N) is 1. The second kappa shape index (κ2) is 7.97. The zero-order valence-electron chi connectivity index (χ0n) is 12.2. The number of benzene rings is 1. The van der Waals surface area contributed by atoms with Gasteiger partial charge in [-0.15, -0.1) is 0 Å². The van der Waals surface area contributed by atoms with E-state index in [2.05, 4.69) is 15.5 Å². The van der Waals surface area contributed by atoms with E-state index in [0.717, 1.165) is 50.5 Å². The van der Waals surface area contributed by atoms with Gasteiger partial charge in [-0.05, 0) is 24.1 Å². The van der Waals surface area contributed by atoms with Crippen LogP contribution >= 0.6 is 0 Å². The second-order valence-corrected chi connectivity index (χ2v) is 5.36. The summed E-state index contributed by atoms with van der Waals surface area (Å²) < 4.78 is 0. The number of nitrogens with two attached hydrogens (primary N) is 1. The zero-order chi connectivity index (χ0) is 15.1. The number of piperazine rings is 1. The molecule has 0 radical (unpaired) electrons. The third-order valence-electron chi connectivity index (χ3n) is 3.69. The van der Waals surface area contributed by atoms with Crippen molar-refractivity contribution in [3.05, 3.63) is 29.8 Å². The third kappa shape index (κ3) is 5.34. The van der Waals surface area contributed by atoms with Crippen LogP contribution in [0.1, 0.15) is 5.56 Å². The molecule has 21 heavy (non-hydrogen) atoms. The summed E-state index contributed by atoms with van der Waals surface area (Å²) in [4.78, 5) is 13.2. The summed E-state index contributed by atoms with van der Waals surface area (Å²) in [5.74, 6) is -0.965. The number of nitrogens with one attached hydrogen (secondary N) is 2. The number of anilines is 1. The SMILES string of the molecule is N[C@H](Cc1ccc(NCCN2CCNCC2)cc1)C(=O)O. The Morgan fingerprint density at radius 1 is 1.33 bits per heavy atom. The van der Waals surface area contributed by atoms with Gasteiger partial charge in [0.2, 0.25) is 0 Å². The Morgan fingerprint density at radius 3 is 2.62 bits per heavy atom. The number of rotatable bonds is 7.